The molecule has 0 aromatic carbocycles. The molecular weight excluding hydrogens is 328 g/mol. The summed E-state index contributed by atoms with van der Waals surface area (Å²) in [6, 6.07) is 0.400. The highest BCUT2D eigenvalue weighted by molar-refractivity contribution is 5.82. The number of ether oxygens (including phenoxy) is 1. The third-order valence-corrected chi connectivity index (χ3v) is 7.17. The Morgan fingerprint density at radius 1 is 0.885 bits per heavy atom. The number of piperidine rings is 2. The first-order valence-corrected chi connectivity index (χ1v) is 10.9. The fourth-order valence-corrected chi connectivity index (χ4v) is 5.29. The first-order valence-electron chi connectivity index (χ1n) is 10.9. The summed E-state index contributed by atoms with van der Waals surface area (Å²) in [4.78, 5) is 29.3. The zero-order valence-electron chi connectivity index (χ0n) is 16.2. The summed E-state index contributed by atoms with van der Waals surface area (Å²) in [6.45, 7) is 4.70. The third kappa shape index (κ3) is 3.86. The van der Waals surface area contributed by atoms with Crippen LogP contribution in [0.3, 0.4) is 0 Å². The average Bonchev–Trinajstić information content (AvgIpc) is 3.18. The molecule has 0 aromatic heterocycles. The molecule has 4 rings (SSSR count). The van der Waals surface area contributed by atoms with E-state index in [9.17, 15) is 9.59 Å². The Morgan fingerprint density at radius 2 is 1.54 bits per heavy atom. The molecular formula is C21H34N2O3. The number of carbonyl (C=O) groups is 2. The average molecular weight is 363 g/mol. The normalized spacial score (nSPS) is 33.3. The van der Waals surface area contributed by atoms with Crippen molar-refractivity contribution in [1.82, 2.24) is 9.80 Å². The third-order valence-electron chi connectivity index (χ3n) is 7.17. The van der Waals surface area contributed by atoms with Crippen LogP contribution in [0, 0.1) is 17.8 Å². The fraction of sp³-hybridized carbons (Fsp3) is 0.905. The van der Waals surface area contributed by atoms with E-state index in [4.69, 9.17) is 4.74 Å². The largest absolute Gasteiger partial charge is 0.446 e. The number of carbonyl (C=O) groups excluding carboxylic acids is 2. The van der Waals surface area contributed by atoms with Gasteiger partial charge in [0, 0.05) is 31.6 Å². The molecule has 0 N–H and O–H groups in total. The molecule has 26 heavy (non-hydrogen) atoms. The van der Waals surface area contributed by atoms with E-state index in [1.807, 2.05) is 4.90 Å². The summed E-state index contributed by atoms with van der Waals surface area (Å²) >= 11 is 0. The molecule has 0 spiro atoms. The number of nitrogens with zero attached hydrogens (tertiary/aromatic N) is 2. The predicted octanol–water partition coefficient (Wildman–Crippen LogP) is 3.81. The molecule has 4 fully saturated rings. The topological polar surface area (TPSA) is 49.9 Å². The van der Waals surface area contributed by atoms with Gasteiger partial charge in [-0.05, 0) is 76.0 Å². The molecule has 0 radical (unpaired) electrons. The van der Waals surface area contributed by atoms with Crippen LogP contribution in [0.25, 0.3) is 0 Å². The minimum Gasteiger partial charge on any atom is -0.446 e. The number of rotatable bonds is 3. The lowest BCUT2D eigenvalue weighted by Crippen LogP contribution is -2.51. The molecule has 3 unspecified atom stereocenters. The highest BCUT2D eigenvalue weighted by atomic mass is 16.6. The van der Waals surface area contributed by atoms with Gasteiger partial charge in [0.2, 0.25) is 5.91 Å². The van der Waals surface area contributed by atoms with Gasteiger partial charge >= 0.3 is 6.09 Å². The van der Waals surface area contributed by atoms with Crippen LogP contribution in [0.1, 0.15) is 71.1 Å². The second kappa shape index (κ2) is 7.77. The molecule has 0 bridgehead atoms. The van der Waals surface area contributed by atoms with E-state index in [0.29, 0.717) is 23.8 Å². The Kier molecular flexibility index (Phi) is 5.42. The van der Waals surface area contributed by atoms with Crippen LogP contribution in [0.4, 0.5) is 4.79 Å². The first-order chi connectivity index (χ1) is 12.6. The molecule has 4 aliphatic rings. The van der Waals surface area contributed by atoms with Crippen molar-refractivity contribution in [3.63, 3.8) is 0 Å². The minimum absolute atomic E-state index is 0.112. The van der Waals surface area contributed by atoms with E-state index in [0.717, 1.165) is 64.6 Å². The van der Waals surface area contributed by atoms with Crippen molar-refractivity contribution in [2.75, 3.05) is 19.6 Å². The van der Waals surface area contributed by atoms with Gasteiger partial charge in [-0.1, -0.05) is 6.92 Å². The molecule has 2 aliphatic carbocycles. The van der Waals surface area contributed by atoms with E-state index in [1.165, 1.54) is 19.3 Å². The minimum atomic E-state index is -0.112. The Bertz CT molecular complexity index is 523. The van der Waals surface area contributed by atoms with Gasteiger partial charge in [-0.15, -0.1) is 0 Å². The SMILES string of the molecule is CC1CC1C(=O)N1CCCCC1C1CCN(C(=O)OC2CCCC2)CC1. The summed E-state index contributed by atoms with van der Waals surface area (Å²) in [5.41, 5.74) is 0. The molecule has 2 saturated carbocycles. The van der Waals surface area contributed by atoms with Gasteiger partial charge in [0.1, 0.15) is 6.10 Å². The van der Waals surface area contributed by atoms with Crippen molar-refractivity contribution in [3.05, 3.63) is 0 Å². The molecule has 3 atom stereocenters. The molecule has 2 aliphatic heterocycles. The molecule has 2 heterocycles. The monoisotopic (exact) mass is 362 g/mol. The molecule has 146 valence electrons. The number of amides is 2. The van der Waals surface area contributed by atoms with Crippen LogP contribution >= 0.6 is 0 Å². The van der Waals surface area contributed by atoms with Crippen molar-refractivity contribution in [1.29, 1.82) is 0 Å². The quantitative estimate of drug-likeness (QED) is 0.767. The van der Waals surface area contributed by atoms with Crippen LogP contribution in [0.15, 0.2) is 0 Å². The summed E-state index contributed by atoms with van der Waals surface area (Å²) in [5, 5.41) is 0. The maximum atomic E-state index is 12.8. The Balaban J connectivity index is 1.29. The molecule has 0 aromatic rings. The van der Waals surface area contributed by atoms with Gasteiger partial charge < -0.3 is 14.5 Å². The lowest BCUT2D eigenvalue weighted by molar-refractivity contribution is -0.138. The standard InChI is InChI=1S/C21H34N2O3/c1-15-14-18(15)20(24)23-11-5-4-8-19(23)16-9-12-22(13-10-16)21(25)26-17-6-2-3-7-17/h15-19H,2-14H2,1H3. The van der Waals surface area contributed by atoms with Gasteiger partial charge in [-0.2, -0.15) is 0 Å². The molecule has 2 amide bonds. The molecule has 5 nitrogen and oxygen atoms in total. The maximum absolute atomic E-state index is 12.8. The van der Waals surface area contributed by atoms with Gasteiger partial charge in [-0.3, -0.25) is 4.79 Å². The van der Waals surface area contributed by atoms with Gasteiger partial charge in [0.15, 0.2) is 0 Å². The summed E-state index contributed by atoms with van der Waals surface area (Å²) in [7, 11) is 0. The molecule has 5 heteroatoms. The van der Waals surface area contributed by atoms with Gasteiger partial charge in [0.25, 0.3) is 0 Å². The van der Waals surface area contributed by atoms with E-state index in [-0.39, 0.29) is 18.1 Å². The van der Waals surface area contributed by atoms with Crippen molar-refractivity contribution in [2.24, 2.45) is 17.8 Å². The number of hydrogen-bond acceptors (Lipinski definition) is 3. The number of hydrogen-bond donors (Lipinski definition) is 0. The van der Waals surface area contributed by atoms with Crippen molar-refractivity contribution in [2.45, 2.75) is 83.3 Å². The Morgan fingerprint density at radius 3 is 2.19 bits per heavy atom. The second-order valence-corrected chi connectivity index (χ2v) is 9.03. The van der Waals surface area contributed by atoms with Crippen molar-refractivity contribution in [3.8, 4) is 0 Å². The van der Waals surface area contributed by atoms with Crippen molar-refractivity contribution < 1.29 is 14.3 Å². The fourth-order valence-electron chi connectivity index (χ4n) is 5.29. The first kappa shape index (κ1) is 18.1. The summed E-state index contributed by atoms with van der Waals surface area (Å²) < 4.78 is 5.66. The second-order valence-electron chi connectivity index (χ2n) is 9.03. The Hall–Kier alpha value is -1.26. The van der Waals surface area contributed by atoms with E-state index >= 15 is 0 Å². The van der Waals surface area contributed by atoms with Gasteiger partial charge in [-0.25, -0.2) is 4.79 Å². The predicted molar refractivity (Wildman–Crippen MR) is 99.7 cm³/mol. The van der Waals surface area contributed by atoms with Gasteiger partial charge in [0.05, 0.1) is 0 Å². The smallest absolute Gasteiger partial charge is 0.410 e. The van der Waals surface area contributed by atoms with Crippen molar-refractivity contribution >= 4 is 12.0 Å². The van der Waals surface area contributed by atoms with Crippen LogP contribution < -0.4 is 0 Å². The molecule has 2 saturated heterocycles. The maximum Gasteiger partial charge on any atom is 0.410 e. The van der Waals surface area contributed by atoms with E-state index < -0.39 is 0 Å². The zero-order chi connectivity index (χ0) is 18.1. The van der Waals surface area contributed by atoms with E-state index in [2.05, 4.69) is 11.8 Å². The lowest BCUT2D eigenvalue weighted by Gasteiger charge is -2.43. The van der Waals surface area contributed by atoms with Crippen LogP contribution in [-0.2, 0) is 9.53 Å². The highest BCUT2D eigenvalue weighted by Gasteiger charge is 2.45. The summed E-state index contributed by atoms with van der Waals surface area (Å²) in [5.74, 6) is 1.82. The Labute approximate surface area is 157 Å². The van der Waals surface area contributed by atoms with Crippen LogP contribution in [-0.4, -0.2) is 53.6 Å². The number of likely N-dealkylation sites (tertiary alicyclic amines) is 2. The summed E-state index contributed by atoms with van der Waals surface area (Å²) in [6.07, 6.45) is 11.1. The van der Waals surface area contributed by atoms with E-state index in [1.54, 1.807) is 0 Å². The van der Waals surface area contributed by atoms with Crippen LogP contribution in [0.2, 0.25) is 0 Å². The van der Waals surface area contributed by atoms with Crippen LogP contribution in [0.5, 0.6) is 0 Å². The highest BCUT2D eigenvalue weighted by Crippen LogP contribution is 2.41. The lowest BCUT2D eigenvalue weighted by atomic mass is 9.83. The zero-order valence-corrected chi connectivity index (χ0v) is 16.2.